The van der Waals surface area contributed by atoms with Crippen molar-refractivity contribution in [2.75, 3.05) is 13.7 Å². The van der Waals surface area contributed by atoms with Gasteiger partial charge in [-0.05, 0) is 61.6 Å². The van der Waals surface area contributed by atoms with Crippen molar-refractivity contribution in [1.29, 1.82) is 0 Å². The molecule has 0 saturated carbocycles. The normalized spacial score (nSPS) is 11.6. The van der Waals surface area contributed by atoms with Crippen LogP contribution in [0.3, 0.4) is 0 Å². The zero-order chi connectivity index (χ0) is 18.1. The summed E-state index contributed by atoms with van der Waals surface area (Å²) in [6, 6.07) is 14.9. The van der Waals surface area contributed by atoms with Crippen molar-refractivity contribution < 1.29 is 14.6 Å². The Morgan fingerprint density at radius 3 is 2.28 bits per heavy atom. The molecule has 0 spiro atoms. The van der Waals surface area contributed by atoms with Gasteiger partial charge in [0.2, 0.25) is 0 Å². The van der Waals surface area contributed by atoms with Gasteiger partial charge in [0.25, 0.3) is 0 Å². The van der Waals surface area contributed by atoms with Crippen LogP contribution >= 0.6 is 0 Å². The van der Waals surface area contributed by atoms with E-state index in [2.05, 4.69) is 10.6 Å². The average Bonchev–Trinajstić information content (AvgIpc) is 2.62. The molecule has 5 heteroatoms. The summed E-state index contributed by atoms with van der Waals surface area (Å²) in [5.41, 5.74) is 2.30. The number of rotatable bonds is 8. The number of aromatic hydroxyl groups is 1. The molecule has 2 rings (SSSR count). The first-order valence-electron chi connectivity index (χ1n) is 8.52. The third kappa shape index (κ3) is 6.75. The van der Waals surface area contributed by atoms with Gasteiger partial charge < -0.3 is 20.5 Å². The Hall–Kier alpha value is -2.69. The van der Waals surface area contributed by atoms with Crippen LogP contribution in [0.15, 0.2) is 48.5 Å². The minimum absolute atomic E-state index is 0.0785. The highest BCUT2D eigenvalue weighted by Gasteiger charge is 2.07. The van der Waals surface area contributed by atoms with E-state index >= 15 is 0 Å². The Balaban J connectivity index is 1.64. The monoisotopic (exact) mass is 342 g/mol. The van der Waals surface area contributed by atoms with Gasteiger partial charge in [-0.15, -0.1) is 0 Å². The zero-order valence-corrected chi connectivity index (χ0v) is 14.8. The summed E-state index contributed by atoms with van der Waals surface area (Å²) in [6.45, 7) is 2.58. The zero-order valence-electron chi connectivity index (χ0n) is 14.8. The summed E-state index contributed by atoms with van der Waals surface area (Å²) in [4.78, 5) is 11.9. The Kier molecular flexibility index (Phi) is 7.14. The molecule has 0 fully saturated rings. The molecule has 3 N–H and O–H groups in total. The molecule has 0 radical (unpaired) electrons. The van der Waals surface area contributed by atoms with E-state index in [0.717, 1.165) is 36.1 Å². The van der Waals surface area contributed by atoms with Crippen LogP contribution in [0.2, 0.25) is 0 Å². The van der Waals surface area contributed by atoms with Gasteiger partial charge in [0.05, 0.1) is 7.11 Å². The number of benzene rings is 2. The Morgan fingerprint density at radius 2 is 1.64 bits per heavy atom. The minimum Gasteiger partial charge on any atom is -0.508 e. The number of ether oxygens (including phenoxy) is 1. The number of hydrogen-bond acceptors (Lipinski definition) is 3. The topological polar surface area (TPSA) is 70.6 Å². The first kappa shape index (κ1) is 18.6. The summed E-state index contributed by atoms with van der Waals surface area (Å²) >= 11 is 0. The molecule has 0 bridgehead atoms. The van der Waals surface area contributed by atoms with Crippen LogP contribution in [0.25, 0.3) is 0 Å². The second-order valence-electron chi connectivity index (χ2n) is 6.10. The fraction of sp³-hybridized carbons (Fsp3) is 0.350. The molecule has 5 nitrogen and oxygen atoms in total. The highest BCUT2D eigenvalue weighted by atomic mass is 16.5. The lowest BCUT2D eigenvalue weighted by molar-refractivity contribution is 0.237. The summed E-state index contributed by atoms with van der Waals surface area (Å²) in [6.07, 6.45) is 2.48. The average molecular weight is 342 g/mol. The number of aryl methyl sites for hydroxylation is 1. The second kappa shape index (κ2) is 9.57. The summed E-state index contributed by atoms with van der Waals surface area (Å²) < 4.78 is 5.12. The van der Waals surface area contributed by atoms with E-state index in [0.29, 0.717) is 6.54 Å². The predicted octanol–water partition coefficient (Wildman–Crippen LogP) is 3.26. The van der Waals surface area contributed by atoms with Crippen molar-refractivity contribution in [1.82, 2.24) is 10.6 Å². The van der Waals surface area contributed by atoms with E-state index in [9.17, 15) is 9.90 Å². The summed E-state index contributed by atoms with van der Waals surface area (Å²) in [5.74, 6) is 1.10. The molecular weight excluding hydrogens is 316 g/mol. The first-order valence-corrected chi connectivity index (χ1v) is 8.52. The molecular formula is C20H26N2O3. The van der Waals surface area contributed by atoms with Gasteiger partial charge in [-0.1, -0.05) is 24.3 Å². The van der Waals surface area contributed by atoms with Crippen LogP contribution < -0.4 is 15.4 Å². The van der Waals surface area contributed by atoms with Crippen molar-refractivity contribution >= 4 is 6.03 Å². The first-order chi connectivity index (χ1) is 12.1. The summed E-state index contributed by atoms with van der Waals surface area (Å²) in [5, 5.41) is 15.1. The fourth-order valence-corrected chi connectivity index (χ4v) is 2.51. The number of amides is 2. The van der Waals surface area contributed by atoms with Crippen molar-refractivity contribution in [3.05, 3.63) is 59.7 Å². The molecule has 0 aliphatic rings. The van der Waals surface area contributed by atoms with Gasteiger partial charge in [0, 0.05) is 12.6 Å². The number of carbonyl (C=O) groups excluding carboxylic acids is 1. The van der Waals surface area contributed by atoms with E-state index < -0.39 is 0 Å². The minimum atomic E-state index is -0.147. The second-order valence-corrected chi connectivity index (χ2v) is 6.10. The van der Waals surface area contributed by atoms with E-state index in [-0.39, 0.29) is 17.8 Å². The fourth-order valence-electron chi connectivity index (χ4n) is 2.51. The molecule has 1 atom stereocenters. The molecule has 2 aromatic carbocycles. The van der Waals surface area contributed by atoms with Gasteiger partial charge in [-0.2, -0.15) is 0 Å². The van der Waals surface area contributed by atoms with Crippen molar-refractivity contribution in [2.45, 2.75) is 32.2 Å². The molecule has 134 valence electrons. The molecule has 25 heavy (non-hydrogen) atoms. The number of hydrogen-bond donors (Lipinski definition) is 3. The molecule has 2 aromatic rings. The van der Waals surface area contributed by atoms with Crippen molar-refractivity contribution in [3.63, 3.8) is 0 Å². The Bertz CT molecular complexity index is 654. The molecule has 2 amide bonds. The number of carbonyl (C=O) groups is 1. The van der Waals surface area contributed by atoms with Crippen LogP contribution in [0.4, 0.5) is 4.79 Å². The lowest BCUT2D eigenvalue weighted by atomic mass is 10.1. The highest BCUT2D eigenvalue weighted by Crippen LogP contribution is 2.12. The van der Waals surface area contributed by atoms with Crippen LogP contribution in [0, 0.1) is 0 Å². The molecule has 0 saturated heterocycles. The van der Waals surface area contributed by atoms with Gasteiger partial charge in [0.15, 0.2) is 0 Å². The molecule has 0 aliphatic heterocycles. The lowest BCUT2D eigenvalue weighted by Gasteiger charge is -2.15. The smallest absolute Gasteiger partial charge is 0.315 e. The maximum absolute atomic E-state index is 11.9. The standard InChI is InChI=1S/C20H26N2O3/c1-15(3-4-16-5-9-18(23)10-6-16)22-20(24)21-14-13-17-7-11-19(25-2)12-8-17/h5-12,15,23H,3-4,13-14H2,1-2H3,(H2,21,22,24). The summed E-state index contributed by atoms with van der Waals surface area (Å²) in [7, 11) is 1.64. The van der Waals surface area contributed by atoms with E-state index in [1.165, 1.54) is 0 Å². The molecule has 0 aliphatic carbocycles. The van der Waals surface area contributed by atoms with Crippen LogP contribution in [-0.2, 0) is 12.8 Å². The van der Waals surface area contributed by atoms with Crippen LogP contribution in [-0.4, -0.2) is 30.8 Å². The van der Waals surface area contributed by atoms with Crippen molar-refractivity contribution in [3.8, 4) is 11.5 Å². The number of methoxy groups -OCH3 is 1. The van der Waals surface area contributed by atoms with Crippen LogP contribution in [0.5, 0.6) is 11.5 Å². The largest absolute Gasteiger partial charge is 0.508 e. The predicted molar refractivity (Wildman–Crippen MR) is 99.1 cm³/mol. The molecule has 1 unspecified atom stereocenters. The molecule has 0 heterocycles. The third-order valence-corrected chi connectivity index (χ3v) is 4.04. The number of urea groups is 1. The van der Waals surface area contributed by atoms with Gasteiger partial charge in [0.1, 0.15) is 11.5 Å². The van der Waals surface area contributed by atoms with E-state index in [4.69, 9.17) is 4.74 Å². The maximum atomic E-state index is 11.9. The SMILES string of the molecule is COc1ccc(CCNC(=O)NC(C)CCc2ccc(O)cc2)cc1. The van der Waals surface area contributed by atoms with E-state index in [1.807, 2.05) is 43.3 Å². The number of nitrogens with one attached hydrogen (secondary N) is 2. The Labute approximate surface area is 149 Å². The quantitative estimate of drug-likeness (QED) is 0.689. The maximum Gasteiger partial charge on any atom is 0.315 e. The van der Waals surface area contributed by atoms with Gasteiger partial charge in [-0.25, -0.2) is 4.79 Å². The number of phenolic OH excluding ortho intramolecular Hbond substituents is 1. The van der Waals surface area contributed by atoms with Crippen molar-refractivity contribution in [2.24, 2.45) is 0 Å². The molecule has 0 aromatic heterocycles. The lowest BCUT2D eigenvalue weighted by Crippen LogP contribution is -2.41. The van der Waals surface area contributed by atoms with Crippen LogP contribution in [0.1, 0.15) is 24.5 Å². The Morgan fingerprint density at radius 1 is 1.04 bits per heavy atom. The van der Waals surface area contributed by atoms with Gasteiger partial charge >= 0.3 is 6.03 Å². The third-order valence-electron chi connectivity index (χ3n) is 4.04. The highest BCUT2D eigenvalue weighted by molar-refractivity contribution is 5.74. The van der Waals surface area contributed by atoms with Gasteiger partial charge in [-0.3, -0.25) is 0 Å². The van der Waals surface area contributed by atoms with E-state index in [1.54, 1.807) is 19.2 Å². The number of phenols is 1.